The van der Waals surface area contributed by atoms with E-state index < -0.39 is 0 Å². The molecule has 0 fully saturated rings. The van der Waals surface area contributed by atoms with Crippen molar-refractivity contribution in [1.29, 1.82) is 0 Å². The molecule has 1 aromatic carbocycles. The molecule has 0 aliphatic rings. The number of aromatic nitrogens is 2. The van der Waals surface area contributed by atoms with Gasteiger partial charge in [0.05, 0.1) is 5.52 Å². The number of nitrogens with one attached hydrogen (secondary N) is 2. The third-order valence-electron chi connectivity index (χ3n) is 4.27. The molecule has 7 heteroatoms. The fraction of sp³-hybridized carbons (Fsp3) is 0.300. The molecule has 0 bridgehead atoms. The number of aryl methyl sites for hydroxylation is 1. The molecule has 0 aliphatic carbocycles. The monoisotopic (exact) mass is 478 g/mol. The molecule has 144 valence electrons. The number of halogens is 1. The van der Waals surface area contributed by atoms with Gasteiger partial charge in [-0.3, -0.25) is 4.99 Å². The van der Waals surface area contributed by atoms with Gasteiger partial charge in [0.2, 0.25) is 0 Å². The maximum atomic E-state index is 4.71. The number of pyridine rings is 1. The first-order valence-corrected chi connectivity index (χ1v) is 8.68. The molecule has 27 heavy (non-hydrogen) atoms. The Morgan fingerprint density at radius 2 is 1.89 bits per heavy atom. The summed E-state index contributed by atoms with van der Waals surface area (Å²) < 4.78 is 2.04. The predicted molar refractivity (Wildman–Crippen MR) is 124 cm³/mol. The van der Waals surface area contributed by atoms with Gasteiger partial charge in [0.15, 0.2) is 5.96 Å². The van der Waals surface area contributed by atoms with Crippen molar-refractivity contribution in [3.63, 3.8) is 0 Å². The Kier molecular flexibility index (Phi) is 7.46. The van der Waals surface area contributed by atoms with Crippen molar-refractivity contribution in [2.45, 2.75) is 13.1 Å². The Morgan fingerprint density at radius 1 is 1.15 bits per heavy atom. The number of hydrogen-bond donors (Lipinski definition) is 2. The summed E-state index contributed by atoms with van der Waals surface area (Å²) in [5.41, 5.74) is 3.42. The quantitative estimate of drug-likeness (QED) is 0.336. The van der Waals surface area contributed by atoms with Crippen LogP contribution in [0.1, 0.15) is 11.1 Å². The molecule has 3 aromatic rings. The number of anilines is 1. The summed E-state index contributed by atoms with van der Waals surface area (Å²) in [5.74, 6) is 1.73. The summed E-state index contributed by atoms with van der Waals surface area (Å²) >= 11 is 0. The lowest BCUT2D eigenvalue weighted by Gasteiger charge is -2.16. The summed E-state index contributed by atoms with van der Waals surface area (Å²) in [4.78, 5) is 11.1. The van der Waals surface area contributed by atoms with E-state index in [1.165, 1.54) is 11.1 Å². The third-order valence-corrected chi connectivity index (χ3v) is 4.27. The summed E-state index contributed by atoms with van der Waals surface area (Å²) in [5, 5.41) is 7.92. The van der Waals surface area contributed by atoms with Crippen LogP contribution in [0.15, 0.2) is 53.8 Å². The highest BCUT2D eigenvalue weighted by atomic mass is 127. The van der Waals surface area contributed by atoms with Crippen LogP contribution in [0.3, 0.4) is 0 Å². The fourth-order valence-corrected chi connectivity index (χ4v) is 2.86. The largest absolute Gasteiger partial charge is 0.363 e. The predicted octanol–water partition coefficient (Wildman–Crippen LogP) is 3.12. The van der Waals surface area contributed by atoms with E-state index in [4.69, 9.17) is 4.98 Å². The number of benzene rings is 1. The first kappa shape index (κ1) is 21.0. The molecular formula is C20H27IN6. The van der Waals surface area contributed by atoms with E-state index in [0.29, 0.717) is 6.54 Å². The molecular weight excluding hydrogens is 451 g/mol. The van der Waals surface area contributed by atoms with Crippen molar-refractivity contribution in [2.75, 3.05) is 26.0 Å². The summed E-state index contributed by atoms with van der Waals surface area (Å²) in [6.07, 6.45) is 4.14. The van der Waals surface area contributed by atoms with Crippen LogP contribution in [-0.4, -0.2) is 36.7 Å². The molecule has 2 aromatic heterocycles. The van der Waals surface area contributed by atoms with Gasteiger partial charge in [-0.15, -0.1) is 24.0 Å². The molecule has 0 aliphatic heterocycles. The zero-order valence-electron chi connectivity index (χ0n) is 16.2. The highest BCUT2D eigenvalue weighted by molar-refractivity contribution is 14.0. The highest BCUT2D eigenvalue weighted by Crippen LogP contribution is 2.21. The number of rotatable bonds is 5. The molecule has 2 N–H and O–H groups in total. The van der Waals surface area contributed by atoms with Crippen molar-refractivity contribution in [2.24, 2.45) is 12.0 Å². The second kappa shape index (κ2) is 9.59. The van der Waals surface area contributed by atoms with E-state index >= 15 is 0 Å². The summed E-state index contributed by atoms with van der Waals surface area (Å²) in [7, 11) is 7.83. The normalized spacial score (nSPS) is 11.2. The Morgan fingerprint density at radius 3 is 2.56 bits per heavy atom. The van der Waals surface area contributed by atoms with Crippen LogP contribution in [0.25, 0.3) is 10.9 Å². The van der Waals surface area contributed by atoms with Crippen molar-refractivity contribution in [3.8, 4) is 0 Å². The minimum atomic E-state index is 0. The van der Waals surface area contributed by atoms with Gasteiger partial charge in [0, 0.05) is 59.1 Å². The average Bonchev–Trinajstić information content (AvgIpc) is 3.06. The number of nitrogens with zero attached hydrogens (tertiary/aromatic N) is 4. The lowest BCUT2D eigenvalue weighted by atomic mass is 10.1. The van der Waals surface area contributed by atoms with Crippen LogP contribution in [0.4, 0.5) is 5.82 Å². The SMILES string of the molecule is CN=C(NCc1ccn(C)c1)NCc1cc(N(C)C)nc2ccccc12.I. The first-order valence-electron chi connectivity index (χ1n) is 8.68. The Balaban J connectivity index is 0.00000261. The number of aliphatic imine (C=N–C) groups is 1. The van der Waals surface area contributed by atoms with Gasteiger partial charge in [-0.1, -0.05) is 18.2 Å². The van der Waals surface area contributed by atoms with Crippen LogP contribution >= 0.6 is 24.0 Å². The molecule has 0 unspecified atom stereocenters. The number of para-hydroxylation sites is 1. The number of fused-ring (bicyclic) bond motifs is 1. The fourth-order valence-electron chi connectivity index (χ4n) is 2.86. The first-order chi connectivity index (χ1) is 12.6. The Bertz CT molecular complexity index is 916. The van der Waals surface area contributed by atoms with Gasteiger partial charge in [0.25, 0.3) is 0 Å². The standard InChI is InChI=1S/C20H26N6.HI/c1-21-20(22-12-15-9-10-26(4)14-15)23-13-16-11-19(25(2)3)24-18-8-6-5-7-17(16)18;/h5-11,14H,12-13H2,1-4H3,(H2,21,22,23);1H. The van der Waals surface area contributed by atoms with E-state index in [9.17, 15) is 0 Å². The maximum Gasteiger partial charge on any atom is 0.191 e. The van der Waals surface area contributed by atoms with Gasteiger partial charge in [-0.25, -0.2) is 4.98 Å². The average molecular weight is 478 g/mol. The third kappa shape index (κ3) is 5.35. The van der Waals surface area contributed by atoms with Crippen LogP contribution in [0.2, 0.25) is 0 Å². The lowest BCUT2D eigenvalue weighted by molar-refractivity contribution is 0.808. The van der Waals surface area contributed by atoms with E-state index in [0.717, 1.165) is 29.2 Å². The second-order valence-corrected chi connectivity index (χ2v) is 6.52. The minimum absolute atomic E-state index is 0. The van der Waals surface area contributed by atoms with Gasteiger partial charge >= 0.3 is 0 Å². The van der Waals surface area contributed by atoms with Gasteiger partial charge in [-0.05, 0) is 29.3 Å². The van der Waals surface area contributed by atoms with Crippen molar-refractivity contribution < 1.29 is 0 Å². The second-order valence-electron chi connectivity index (χ2n) is 6.52. The zero-order chi connectivity index (χ0) is 18.5. The summed E-state index contributed by atoms with van der Waals surface area (Å²) in [6.45, 7) is 1.42. The van der Waals surface area contributed by atoms with Crippen LogP contribution in [0, 0.1) is 0 Å². The molecule has 0 radical (unpaired) electrons. The molecule has 0 saturated heterocycles. The van der Waals surface area contributed by atoms with Crippen LogP contribution in [-0.2, 0) is 20.1 Å². The highest BCUT2D eigenvalue weighted by Gasteiger charge is 2.08. The van der Waals surface area contributed by atoms with Gasteiger partial charge in [-0.2, -0.15) is 0 Å². The van der Waals surface area contributed by atoms with Crippen LogP contribution < -0.4 is 15.5 Å². The molecule has 2 heterocycles. The minimum Gasteiger partial charge on any atom is -0.363 e. The molecule has 3 rings (SSSR count). The number of guanidine groups is 1. The van der Waals surface area contributed by atoms with E-state index in [1.54, 1.807) is 7.05 Å². The van der Waals surface area contributed by atoms with E-state index in [-0.39, 0.29) is 24.0 Å². The van der Waals surface area contributed by atoms with E-state index in [2.05, 4.69) is 40.0 Å². The Hall–Kier alpha value is -2.29. The maximum absolute atomic E-state index is 4.71. The topological polar surface area (TPSA) is 57.5 Å². The van der Waals surface area contributed by atoms with E-state index in [1.807, 2.05) is 55.0 Å². The molecule has 0 atom stereocenters. The van der Waals surface area contributed by atoms with Crippen molar-refractivity contribution in [3.05, 3.63) is 59.9 Å². The number of hydrogen-bond acceptors (Lipinski definition) is 3. The summed E-state index contributed by atoms with van der Waals surface area (Å²) in [6, 6.07) is 12.4. The van der Waals surface area contributed by atoms with Crippen molar-refractivity contribution >= 4 is 46.7 Å². The van der Waals surface area contributed by atoms with Gasteiger partial charge < -0.3 is 20.1 Å². The van der Waals surface area contributed by atoms with Crippen molar-refractivity contribution in [1.82, 2.24) is 20.2 Å². The smallest absolute Gasteiger partial charge is 0.191 e. The molecule has 6 nitrogen and oxygen atoms in total. The Labute approximate surface area is 177 Å². The van der Waals surface area contributed by atoms with Gasteiger partial charge in [0.1, 0.15) is 5.82 Å². The molecule has 0 amide bonds. The zero-order valence-corrected chi connectivity index (χ0v) is 18.6. The molecule has 0 spiro atoms. The van der Waals surface area contributed by atoms with Crippen LogP contribution in [0.5, 0.6) is 0 Å². The molecule has 0 saturated carbocycles. The lowest BCUT2D eigenvalue weighted by Crippen LogP contribution is -2.36.